The average Bonchev–Trinajstić information content (AvgIpc) is 3.01. The third-order valence-corrected chi connectivity index (χ3v) is 4.50. The summed E-state index contributed by atoms with van der Waals surface area (Å²) in [5.41, 5.74) is 1.83. The van der Waals surface area contributed by atoms with E-state index < -0.39 is 0 Å². The molecule has 1 heterocycles. The van der Waals surface area contributed by atoms with Gasteiger partial charge in [0.15, 0.2) is 11.6 Å². The molecule has 3 rings (SSSR count). The van der Waals surface area contributed by atoms with Crippen LogP contribution in [0.1, 0.15) is 67.3 Å². The van der Waals surface area contributed by atoms with Crippen molar-refractivity contribution in [3.63, 3.8) is 0 Å². The summed E-state index contributed by atoms with van der Waals surface area (Å²) in [4.78, 5) is 29.5. The van der Waals surface area contributed by atoms with Crippen LogP contribution in [0.3, 0.4) is 0 Å². The molecule has 0 saturated heterocycles. The van der Waals surface area contributed by atoms with E-state index in [-0.39, 0.29) is 22.9 Å². The molecule has 7 nitrogen and oxygen atoms in total. The molecule has 0 saturated carbocycles. The van der Waals surface area contributed by atoms with Crippen molar-refractivity contribution in [2.24, 2.45) is 5.16 Å². The Hall–Kier alpha value is -2.44. The highest BCUT2D eigenvalue weighted by molar-refractivity contribution is 6.23. The molecule has 0 unspecified atom stereocenters. The van der Waals surface area contributed by atoms with Gasteiger partial charge in [-0.2, -0.15) is 0 Å². The first-order valence-electron chi connectivity index (χ1n) is 8.77. The monoisotopic (exact) mass is 346 g/mol. The number of allylic oxidation sites excluding steroid dienone is 2. The SMILES string of the molecule is CCON=C(CCc1noc2c1C(=O)CCC2)C1=C(O)CCCC1=O. The molecule has 1 N–H and O–H groups in total. The van der Waals surface area contributed by atoms with Crippen molar-refractivity contribution in [3.8, 4) is 0 Å². The smallest absolute Gasteiger partial charge is 0.168 e. The third-order valence-electron chi connectivity index (χ3n) is 4.50. The van der Waals surface area contributed by atoms with Gasteiger partial charge in [-0.15, -0.1) is 0 Å². The number of aromatic nitrogens is 1. The highest BCUT2D eigenvalue weighted by atomic mass is 16.6. The fourth-order valence-electron chi connectivity index (χ4n) is 3.31. The summed E-state index contributed by atoms with van der Waals surface area (Å²) in [7, 11) is 0. The summed E-state index contributed by atoms with van der Waals surface area (Å²) in [5.74, 6) is 0.635. The molecule has 0 atom stereocenters. The number of Topliss-reactive ketones (excluding diaryl/α,β-unsaturated/α-hetero) is 2. The van der Waals surface area contributed by atoms with Crippen LogP contribution < -0.4 is 0 Å². The molecule has 0 amide bonds. The largest absolute Gasteiger partial charge is 0.511 e. The minimum Gasteiger partial charge on any atom is -0.511 e. The standard InChI is InChI=1S/C18H22N2O5/c1-2-24-19-11(17-13(21)5-3-6-14(17)22)9-10-12-18-15(23)7-4-8-16(18)25-20-12/h21H,2-10H2,1H3. The Labute approximate surface area is 145 Å². The van der Waals surface area contributed by atoms with Gasteiger partial charge in [0.05, 0.1) is 22.5 Å². The van der Waals surface area contributed by atoms with Gasteiger partial charge >= 0.3 is 0 Å². The molecule has 0 bridgehead atoms. The minimum atomic E-state index is -0.125. The third kappa shape index (κ3) is 3.65. The van der Waals surface area contributed by atoms with Crippen LogP contribution in [0.5, 0.6) is 0 Å². The molecule has 2 aliphatic rings. The second-order valence-electron chi connectivity index (χ2n) is 6.26. The Bertz CT molecular complexity index is 745. The van der Waals surface area contributed by atoms with Crippen molar-refractivity contribution >= 4 is 17.3 Å². The lowest BCUT2D eigenvalue weighted by Gasteiger charge is -2.16. The molecule has 1 aromatic rings. The number of carbonyl (C=O) groups excluding carboxylic acids is 2. The normalized spacial score (nSPS) is 18.5. The van der Waals surface area contributed by atoms with Crippen LogP contribution >= 0.6 is 0 Å². The number of fused-ring (bicyclic) bond motifs is 1. The zero-order chi connectivity index (χ0) is 17.8. The summed E-state index contributed by atoms with van der Waals surface area (Å²) in [5, 5.41) is 18.2. The fraction of sp³-hybridized carbons (Fsp3) is 0.556. The molecule has 7 heteroatoms. The van der Waals surface area contributed by atoms with E-state index in [1.807, 2.05) is 0 Å². The summed E-state index contributed by atoms with van der Waals surface area (Å²) in [6, 6.07) is 0. The first-order chi connectivity index (χ1) is 12.1. The Kier molecular flexibility index (Phi) is 5.31. The molecular formula is C18H22N2O5. The van der Waals surface area contributed by atoms with Crippen LogP contribution in [0.4, 0.5) is 0 Å². The maximum absolute atomic E-state index is 12.2. The number of nitrogens with zero attached hydrogens (tertiary/aromatic N) is 2. The quantitative estimate of drug-likeness (QED) is 0.627. The van der Waals surface area contributed by atoms with E-state index in [0.717, 1.165) is 12.8 Å². The predicted octanol–water partition coefficient (Wildman–Crippen LogP) is 3.08. The van der Waals surface area contributed by atoms with E-state index in [1.54, 1.807) is 6.92 Å². The van der Waals surface area contributed by atoms with Crippen molar-refractivity contribution < 1.29 is 24.1 Å². The number of aliphatic hydroxyl groups is 1. The lowest BCUT2D eigenvalue weighted by atomic mass is 9.89. The van der Waals surface area contributed by atoms with E-state index >= 15 is 0 Å². The molecule has 1 aromatic heterocycles. The maximum atomic E-state index is 12.2. The number of aryl methyl sites for hydroxylation is 2. The maximum Gasteiger partial charge on any atom is 0.168 e. The van der Waals surface area contributed by atoms with E-state index in [0.29, 0.717) is 67.9 Å². The molecule has 25 heavy (non-hydrogen) atoms. The van der Waals surface area contributed by atoms with E-state index in [1.165, 1.54) is 0 Å². The number of carbonyl (C=O) groups is 2. The Morgan fingerprint density at radius 3 is 2.72 bits per heavy atom. The predicted molar refractivity (Wildman–Crippen MR) is 89.7 cm³/mol. The number of hydrogen-bond donors (Lipinski definition) is 1. The van der Waals surface area contributed by atoms with Gasteiger partial charge in [0.25, 0.3) is 0 Å². The second-order valence-corrected chi connectivity index (χ2v) is 6.26. The van der Waals surface area contributed by atoms with Gasteiger partial charge in [-0.05, 0) is 32.6 Å². The lowest BCUT2D eigenvalue weighted by molar-refractivity contribution is -0.115. The highest BCUT2D eigenvalue weighted by Gasteiger charge is 2.29. The summed E-state index contributed by atoms with van der Waals surface area (Å²) >= 11 is 0. The number of aliphatic hydroxyl groups excluding tert-OH is 1. The first-order valence-corrected chi connectivity index (χ1v) is 8.77. The molecule has 0 fully saturated rings. The average molecular weight is 346 g/mol. The molecule has 0 radical (unpaired) electrons. The number of ketones is 2. The topological polar surface area (TPSA) is 102 Å². The minimum absolute atomic E-state index is 0.0524. The zero-order valence-electron chi connectivity index (χ0n) is 14.3. The molecular weight excluding hydrogens is 324 g/mol. The van der Waals surface area contributed by atoms with Crippen molar-refractivity contribution in [2.75, 3.05) is 6.61 Å². The lowest BCUT2D eigenvalue weighted by Crippen LogP contribution is -2.21. The van der Waals surface area contributed by atoms with Crippen molar-refractivity contribution in [1.29, 1.82) is 0 Å². The van der Waals surface area contributed by atoms with E-state index in [9.17, 15) is 14.7 Å². The van der Waals surface area contributed by atoms with Gasteiger partial charge in [0, 0.05) is 25.7 Å². The zero-order valence-corrected chi connectivity index (χ0v) is 14.3. The molecule has 0 aliphatic heterocycles. The second kappa shape index (κ2) is 7.63. The summed E-state index contributed by atoms with van der Waals surface area (Å²) in [6.07, 6.45) is 4.25. The van der Waals surface area contributed by atoms with Crippen LogP contribution in [-0.2, 0) is 22.5 Å². The highest BCUT2D eigenvalue weighted by Crippen LogP contribution is 2.27. The van der Waals surface area contributed by atoms with Gasteiger partial charge in [-0.1, -0.05) is 10.3 Å². The van der Waals surface area contributed by atoms with Gasteiger partial charge in [0.2, 0.25) is 0 Å². The van der Waals surface area contributed by atoms with Crippen LogP contribution in [0, 0.1) is 0 Å². The number of rotatable bonds is 6. The first kappa shape index (κ1) is 17.4. The van der Waals surface area contributed by atoms with E-state index in [2.05, 4.69) is 10.3 Å². The number of oxime groups is 1. The number of hydrogen-bond acceptors (Lipinski definition) is 7. The van der Waals surface area contributed by atoms with Crippen LogP contribution in [0.15, 0.2) is 21.0 Å². The molecule has 134 valence electrons. The van der Waals surface area contributed by atoms with Crippen molar-refractivity contribution in [2.45, 2.75) is 58.3 Å². The fourth-order valence-corrected chi connectivity index (χ4v) is 3.31. The Morgan fingerprint density at radius 2 is 1.96 bits per heavy atom. The molecule has 2 aliphatic carbocycles. The van der Waals surface area contributed by atoms with Gasteiger partial charge in [-0.25, -0.2) is 0 Å². The van der Waals surface area contributed by atoms with Crippen LogP contribution in [0.2, 0.25) is 0 Å². The Morgan fingerprint density at radius 1 is 1.20 bits per heavy atom. The Balaban J connectivity index is 1.82. The molecule has 0 spiro atoms. The van der Waals surface area contributed by atoms with Crippen LogP contribution in [-0.4, -0.2) is 34.1 Å². The summed E-state index contributed by atoms with van der Waals surface area (Å²) in [6.45, 7) is 2.16. The van der Waals surface area contributed by atoms with E-state index in [4.69, 9.17) is 9.36 Å². The van der Waals surface area contributed by atoms with Gasteiger partial charge in [-0.3, -0.25) is 9.59 Å². The van der Waals surface area contributed by atoms with Crippen molar-refractivity contribution in [1.82, 2.24) is 5.16 Å². The van der Waals surface area contributed by atoms with Crippen molar-refractivity contribution in [3.05, 3.63) is 28.3 Å². The van der Waals surface area contributed by atoms with Gasteiger partial charge in [0.1, 0.15) is 18.1 Å². The summed E-state index contributed by atoms with van der Waals surface area (Å²) < 4.78 is 5.29. The van der Waals surface area contributed by atoms with Gasteiger partial charge < -0.3 is 14.5 Å². The molecule has 0 aromatic carbocycles. The van der Waals surface area contributed by atoms with Crippen LogP contribution in [0.25, 0.3) is 0 Å².